The van der Waals surface area contributed by atoms with Gasteiger partial charge >= 0.3 is 0 Å². The number of nitrogens with one attached hydrogen (secondary N) is 2. The van der Waals surface area contributed by atoms with Crippen LogP contribution >= 0.6 is 0 Å². The summed E-state index contributed by atoms with van der Waals surface area (Å²) in [7, 11) is 1.53. The Labute approximate surface area is 178 Å². The lowest BCUT2D eigenvalue weighted by molar-refractivity contribution is 0.0846. The molecule has 1 heterocycles. The Bertz CT molecular complexity index is 900. The highest BCUT2D eigenvalue weighted by molar-refractivity contribution is 6.00. The van der Waals surface area contributed by atoms with Gasteiger partial charge in [0, 0.05) is 23.0 Å². The van der Waals surface area contributed by atoms with Crippen molar-refractivity contribution in [1.82, 2.24) is 15.4 Å². The maximum absolute atomic E-state index is 12.6. The molecule has 2 aromatic rings. The van der Waals surface area contributed by atoms with E-state index in [0.29, 0.717) is 35.2 Å². The van der Waals surface area contributed by atoms with Crippen LogP contribution in [0.25, 0.3) is 0 Å². The molecule has 0 radical (unpaired) electrons. The minimum absolute atomic E-state index is 0.245. The zero-order chi connectivity index (χ0) is 22.4. The number of aryl methyl sites for hydroxylation is 1. The molecule has 0 spiro atoms. The highest BCUT2D eigenvalue weighted by Gasteiger charge is 2.18. The van der Waals surface area contributed by atoms with Gasteiger partial charge in [-0.3, -0.25) is 20.4 Å². The van der Waals surface area contributed by atoms with Gasteiger partial charge < -0.3 is 14.0 Å². The Morgan fingerprint density at radius 2 is 1.67 bits per heavy atom. The number of rotatable bonds is 8. The number of aromatic nitrogens is 1. The van der Waals surface area contributed by atoms with Crippen LogP contribution in [0.15, 0.2) is 24.3 Å². The lowest BCUT2D eigenvalue weighted by atomic mass is 10.1. The van der Waals surface area contributed by atoms with Crippen LogP contribution in [-0.2, 0) is 0 Å². The summed E-state index contributed by atoms with van der Waals surface area (Å²) in [6, 6.07) is 7.00. The van der Waals surface area contributed by atoms with Crippen LogP contribution in [0.2, 0.25) is 0 Å². The molecule has 0 aliphatic rings. The van der Waals surface area contributed by atoms with Crippen molar-refractivity contribution in [3.63, 3.8) is 0 Å². The minimum Gasteiger partial charge on any atom is -0.493 e. The Morgan fingerprint density at radius 3 is 2.23 bits per heavy atom. The number of benzene rings is 1. The molecule has 2 N–H and O–H groups in total. The van der Waals surface area contributed by atoms with Crippen LogP contribution in [0.1, 0.15) is 72.3 Å². The Hall–Kier alpha value is -2.96. The molecule has 0 bridgehead atoms. The summed E-state index contributed by atoms with van der Waals surface area (Å²) in [5.41, 5.74) is 7.71. The third-order valence-electron chi connectivity index (χ3n) is 4.91. The number of nitrogens with zero attached hydrogens (tertiary/aromatic N) is 1. The predicted molar refractivity (Wildman–Crippen MR) is 117 cm³/mol. The second-order valence-electron chi connectivity index (χ2n) is 8.05. The molecule has 0 unspecified atom stereocenters. The van der Waals surface area contributed by atoms with Gasteiger partial charge in [-0.2, -0.15) is 0 Å². The maximum atomic E-state index is 12.6. The number of hydrogen-bond acceptors (Lipinski definition) is 4. The van der Waals surface area contributed by atoms with Gasteiger partial charge in [-0.25, -0.2) is 0 Å². The number of carbonyl (C=O) groups excluding carboxylic acids is 2. The van der Waals surface area contributed by atoms with E-state index in [1.165, 1.54) is 7.11 Å². The fourth-order valence-electron chi connectivity index (χ4n) is 3.39. The smallest absolute Gasteiger partial charge is 0.271 e. The van der Waals surface area contributed by atoms with Gasteiger partial charge in [-0.1, -0.05) is 13.8 Å². The summed E-state index contributed by atoms with van der Waals surface area (Å²) in [6.45, 7) is 12.8. The highest BCUT2D eigenvalue weighted by Crippen LogP contribution is 2.28. The largest absolute Gasteiger partial charge is 0.493 e. The first-order valence-electron chi connectivity index (χ1n) is 10.3. The minimum atomic E-state index is -0.437. The molecule has 7 heteroatoms. The van der Waals surface area contributed by atoms with Crippen LogP contribution in [0, 0.1) is 19.8 Å². The van der Waals surface area contributed by atoms with Gasteiger partial charge in [0.1, 0.15) is 0 Å². The highest BCUT2D eigenvalue weighted by atomic mass is 16.5. The molecule has 1 aromatic carbocycles. The third-order valence-corrected chi connectivity index (χ3v) is 4.91. The molecule has 0 aliphatic carbocycles. The molecule has 0 saturated carbocycles. The van der Waals surface area contributed by atoms with Crippen molar-refractivity contribution in [1.29, 1.82) is 0 Å². The van der Waals surface area contributed by atoms with Crippen molar-refractivity contribution in [3.8, 4) is 11.5 Å². The fraction of sp³-hybridized carbons (Fsp3) is 0.478. The number of amides is 2. The second-order valence-corrected chi connectivity index (χ2v) is 8.05. The quantitative estimate of drug-likeness (QED) is 0.633. The molecule has 2 amide bonds. The van der Waals surface area contributed by atoms with Crippen molar-refractivity contribution < 1.29 is 19.1 Å². The summed E-state index contributed by atoms with van der Waals surface area (Å²) in [6.07, 6.45) is 0.925. The summed E-state index contributed by atoms with van der Waals surface area (Å²) in [4.78, 5) is 25.1. The van der Waals surface area contributed by atoms with Gasteiger partial charge in [0.2, 0.25) is 0 Å². The zero-order valence-corrected chi connectivity index (χ0v) is 19.0. The van der Waals surface area contributed by atoms with E-state index in [0.717, 1.165) is 17.8 Å². The summed E-state index contributed by atoms with van der Waals surface area (Å²) in [5.74, 6) is 0.796. The van der Waals surface area contributed by atoms with E-state index in [1.807, 2.05) is 19.9 Å². The summed E-state index contributed by atoms with van der Waals surface area (Å²) < 4.78 is 13.2. The van der Waals surface area contributed by atoms with Crippen LogP contribution in [-0.4, -0.2) is 30.1 Å². The van der Waals surface area contributed by atoms with Crippen LogP contribution in [0.5, 0.6) is 11.5 Å². The first kappa shape index (κ1) is 23.3. The fourth-order valence-corrected chi connectivity index (χ4v) is 3.39. The SMILES string of the molecule is COc1cc(C(=O)NNC(=O)c2cc(C)n(C(C)C)c2C)ccc1OCCC(C)C. The van der Waals surface area contributed by atoms with Gasteiger partial charge in [0.05, 0.1) is 19.3 Å². The Kier molecular flexibility index (Phi) is 7.92. The van der Waals surface area contributed by atoms with Crippen molar-refractivity contribution >= 4 is 11.8 Å². The zero-order valence-electron chi connectivity index (χ0n) is 19.0. The number of carbonyl (C=O) groups is 2. The standard InChI is InChI=1S/C23H33N3O4/c1-14(2)10-11-30-20-9-8-18(13-21(20)29-7)22(27)24-25-23(28)19-12-16(5)26(15(3)4)17(19)6/h8-9,12-15H,10-11H2,1-7H3,(H,24,27)(H,25,28). The average molecular weight is 416 g/mol. The maximum Gasteiger partial charge on any atom is 0.271 e. The molecular formula is C23H33N3O4. The van der Waals surface area contributed by atoms with Gasteiger partial charge in [0.25, 0.3) is 11.8 Å². The van der Waals surface area contributed by atoms with Crippen molar-refractivity contribution in [2.24, 2.45) is 5.92 Å². The molecular weight excluding hydrogens is 382 g/mol. The topological polar surface area (TPSA) is 81.6 Å². The first-order valence-corrected chi connectivity index (χ1v) is 10.3. The Morgan fingerprint density at radius 1 is 1.00 bits per heavy atom. The number of hydrogen-bond donors (Lipinski definition) is 2. The molecule has 1 aromatic heterocycles. The van der Waals surface area contributed by atoms with E-state index < -0.39 is 5.91 Å². The Balaban J connectivity index is 2.04. The molecule has 0 saturated heterocycles. The van der Waals surface area contributed by atoms with Crippen molar-refractivity contribution in [2.75, 3.05) is 13.7 Å². The normalized spacial score (nSPS) is 11.0. The van der Waals surface area contributed by atoms with Crippen LogP contribution in [0.3, 0.4) is 0 Å². The third kappa shape index (κ3) is 5.55. The number of methoxy groups -OCH3 is 1. The van der Waals surface area contributed by atoms with Gasteiger partial charge in [-0.15, -0.1) is 0 Å². The van der Waals surface area contributed by atoms with E-state index in [1.54, 1.807) is 18.2 Å². The molecule has 30 heavy (non-hydrogen) atoms. The average Bonchev–Trinajstić information content (AvgIpc) is 2.99. The predicted octanol–water partition coefficient (Wildman–Crippen LogP) is 4.19. The van der Waals surface area contributed by atoms with Crippen molar-refractivity contribution in [2.45, 2.75) is 54.0 Å². The van der Waals surface area contributed by atoms with E-state index in [9.17, 15) is 9.59 Å². The van der Waals surface area contributed by atoms with E-state index in [4.69, 9.17) is 9.47 Å². The molecule has 0 fully saturated rings. The van der Waals surface area contributed by atoms with Crippen LogP contribution in [0.4, 0.5) is 0 Å². The molecule has 7 nitrogen and oxygen atoms in total. The molecule has 2 rings (SSSR count). The number of hydrazine groups is 1. The first-order chi connectivity index (χ1) is 14.1. The van der Waals surface area contributed by atoms with E-state index in [-0.39, 0.29) is 11.9 Å². The van der Waals surface area contributed by atoms with Crippen LogP contribution < -0.4 is 20.3 Å². The van der Waals surface area contributed by atoms with Gasteiger partial charge in [0.15, 0.2) is 11.5 Å². The molecule has 164 valence electrons. The summed E-state index contributed by atoms with van der Waals surface area (Å²) >= 11 is 0. The van der Waals surface area contributed by atoms with Crippen molar-refractivity contribution in [3.05, 3.63) is 46.8 Å². The summed E-state index contributed by atoms with van der Waals surface area (Å²) in [5, 5.41) is 0. The van der Waals surface area contributed by atoms with E-state index in [2.05, 4.69) is 43.1 Å². The molecule has 0 atom stereocenters. The number of ether oxygens (including phenoxy) is 2. The lowest BCUT2D eigenvalue weighted by Crippen LogP contribution is -2.41. The molecule has 0 aliphatic heterocycles. The van der Waals surface area contributed by atoms with Gasteiger partial charge in [-0.05, 0) is 64.3 Å². The van der Waals surface area contributed by atoms with E-state index >= 15 is 0 Å². The lowest BCUT2D eigenvalue weighted by Gasteiger charge is -2.14. The monoisotopic (exact) mass is 415 g/mol. The second kappa shape index (κ2) is 10.2.